The molecule has 118 valence electrons. The van der Waals surface area contributed by atoms with E-state index in [0.717, 1.165) is 31.5 Å². The first kappa shape index (κ1) is 17.3. The topological polar surface area (TPSA) is 39.7 Å². The average Bonchev–Trinajstić information content (AvgIpc) is 2.92. The molecule has 1 unspecified atom stereocenters. The highest BCUT2D eigenvalue weighted by Crippen LogP contribution is 2.15. The Kier molecular flexibility index (Phi) is 9.46. The molecule has 1 heterocycles. The van der Waals surface area contributed by atoms with Crippen LogP contribution in [0.25, 0.3) is 0 Å². The van der Waals surface area contributed by atoms with Gasteiger partial charge in [-0.05, 0) is 38.8 Å². The summed E-state index contributed by atoms with van der Waals surface area (Å²) in [7, 11) is 0. The Morgan fingerprint density at radius 3 is 2.65 bits per heavy atom. The van der Waals surface area contributed by atoms with Gasteiger partial charge < -0.3 is 15.5 Å². The van der Waals surface area contributed by atoms with Crippen molar-refractivity contribution in [2.45, 2.75) is 52.9 Å². The third kappa shape index (κ3) is 7.13. The number of rotatable bonds is 9. The summed E-state index contributed by atoms with van der Waals surface area (Å²) in [4.78, 5) is 7.27. The van der Waals surface area contributed by atoms with Crippen molar-refractivity contribution < 1.29 is 0 Å². The fourth-order valence-electron chi connectivity index (χ4n) is 2.67. The normalized spacial score (nSPS) is 20.4. The van der Waals surface area contributed by atoms with Gasteiger partial charge >= 0.3 is 0 Å². The monoisotopic (exact) mass is 282 g/mol. The summed E-state index contributed by atoms with van der Waals surface area (Å²) in [5.74, 6) is 1.74. The lowest BCUT2D eigenvalue weighted by molar-refractivity contribution is 0.343. The minimum Gasteiger partial charge on any atom is -0.357 e. The van der Waals surface area contributed by atoms with Gasteiger partial charge in [0.05, 0.1) is 0 Å². The summed E-state index contributed by atoms with van der Waals surface area (Å²) in [6.45, 7) is 13.2. The van der Waals surface area contributed by atoms with Crippen LogP contribution < -0.4 is 10.6 Å². The van der Waals surface area contributed by atoms with E-state index < -0.39 is 0 Å². The van der Waals surface area contributed by atoms with Gasteiger partial charge in [0.25, 0.3) is 0 Å². The first-order chi connectivity index (χ1) is 9.80. The highest BCUT2D eigenvalue weighted by molar-refractivity contribution is 5.79. The van der Waals surface area contributed by atoms with Crippen molar-refractivity contribution in [3.63, 3.8) is 0 Å². The zero-order valence-electron chi connectivity index (χ0n) is 13.7. The van der Waals surface area contributed by atoms with Crippen molar-refractivity contribution in [3.05, 3.63) is 0 Å². The van der Waals surface area contributed by atoms with Crippen LogP contribution in [0.3, 0.4) is 0 Å². The fraction of sp³-hybridized carbons (Fsp3) is 0.938. The first-order valence-electron chi connectivity index (χ1n) is 8.54. The number of unbranched alkanes of at least 4 members (excludes halogenated alkanes) is 3. The lowest BCUT2D eigenvalue weighted by atomic mass is 10.1. The predicted molar refractivity (Wildman–Crippen MR) is 88.3 cm³/mol. The summed E-state index contributed by atoms with van der Waals surface area (Å²) in [5, 5.41) is 6.80. The van der Waals surface area contributed by atoms with Gasteiger partial charge in [-0.1, -0.05) is 33.1 Å². The molecule has 1 saturated heterocycles. The van der Waals surface area contributed by atoms with Crippen molar-refractivity contribution >= 4 is 5.96 Å². The number of nitrogens with zero attached hydrogens (tertiary/aromatic N) is 2. The number of hydrogen-bond acceptors (Lipinski definition) is 2. The molecule has 4 nitrogen and oxygen atoms in total. The van der Waals surface area contributed by atoms with Crippen LogP contribution in [-0.4, -0.2) is 50.1 Å². The Bertz CT molecular complexity index is 265. The SMILES string of the molecule is CCCCCCNC(=NCC1CCN(CC)C1)NCC. The molecule has 0 bridgehead atoms. The Labute approximate surface area is 125 Å². The second-order valence-corrected chi connectivity index (χ2v) is 5.75. The number of likely N-dealkylation sites (tertiary alicyclic amines) is 1. The maximum absolute atomic E-state index is 4.75. The molecule has 1 aliphatic rings. The van der Waals surface area contributed by atoms with Gasteiger partial charge in [0.2, 0.25) is 0 Å². The van der Waals surface area contributed by atoms with Gasteiger partial charge in [0, 0.05) is 26.2 Å². The van der Waals surface area contributed by atoms with Crippen molar-refractivity contribution in [2.75, 3.05) is 39.3 Å². The van der Waals surface area contributed by atoms with E-state index in [4.69, 9.17) is 4.99 Å². The summed E-state index contributed by atoms with van der Waals surface area (Å²) >= 11 is 0. The number of guanidine groups is 1. The molecule has 0 amide bonds. The zero-order valence-corrected chi connectivity index (χ0v) is 13.7. The van der Waals surface area contributed by atoms with E-state index in [1.54, 1.807) is 0 Å². The second kappa shape index (κ2) is 11.0. The Balaban J connectivity index is 2.24. The standard InChI is InChI=1S/C16H34N4/c1-4-7-8-9-11-18-16(17-5-2)19-13-15-10-12-20(6-3)14-15/h15H,4-14H2,1-3H3,(H2,17,18,19). The van der Waals surface area contributed by atoms with Gasteiger partial charge in [-0.3, -0.25) is 4.99 Å². The zero-order chi connectivity index (χ0) is 14.6. The van der Waals surface area contributed by atoms with Crippen molar-refractivity contribution in [1.29, 1.82) is 0 Å². The number of hydrogen-bond donors (Lipinski definition) is 2. The highest BCUT2D eigenvalue weighted by atomic mass is 15.2. The van der Waals surface area contributed by atoms with E-state index in [1.165, 1.54) is 51.7 Å². The third-order valence-electron chi connectivity index (χ3n) is 3.99. The predicted octanol–water partition coefficient (Wildman–Crippen LogP) is 2.46. The van der Waals surface area contributed by atoms with Crippen LogP contribution in [0.5, 0.6) is 0 Å². The van der Waals surface area contributed by atoms with Crippen LogP contribution in [0.4, 0.5) is 0 Å². The van der Waals surface area contributed by atoms with Crippen LogP contribution >= 0.6 is 0 Å². The van der Waals surface area contributed by atoms with Crippen LogP contribution in [0, 0.1) is 5.92 Å². The van der Waals surface area contributed by atoms with Crippen LogP contribution in [0.15, 0.2) is 4.99 Å². The highest BCUT2D eigenvalue weighted by Gasteiger charge is 2.20. The fourth-order valence-corrected chi connectivity index (χ4v) is 2.67. The lowest BCUT2D eigenvalue weighted by Crippen LogP contribution is -2.38. The van der Waals surface area contributed by atoms with Crippen LogP contribution in [0.1, 0.15) is 52.9 Å². The molecule has 20 heavy (non-hydrogen) atoms. The van der Waals surface area contributed by atoms with Crippen molar-refractivity contribution in [1.82, 2.24) is 15.5 Å². The second-order valence-electron chi connectivity index (χ2n) is 5.75. The summed E-state index contributed by atoms with van der Waals surface area (Å²) in [5.41, 5.74) is 0. The molecule has 0 aromatic heterocycles. The van der Waals surface area contributed by atoms with Gasteiger partial charge in [0.15, 0.2) is 5.96 Å². The van der Waals surface area contributed by atoms with E-state index in [-0.39, 0.29) is 0 Å². The molecular weight excluding hydrogens is 248 g/mol. The number of nitrogens with one attached hydrogen (secondary N) is 2. The molecule has 1 fully saturated rings. The maximum atomic E-state index is 4.75. The minimum absolute atomic E-state index is 0.741. The van der Waals surface area contributed by atoms with Crippen LogP contribution in [-0.2, 0) is 0 Å². The van der Waals surface area contributed by atoms with Gasteiger partial charge in [-0.15, -0.1) is 0 Å². The van der Waals surface area contributed by atoms with E-state index >= 15 is 0 Å². The maximum Gasteiger partial charge on any atom is 0.191 e. The van der Waals surface area contributed by atoms with Gasteiger partial charge in [-0.25, -0.2) is 0 Å². The molecule has 0 spiro atoms. The summed E-state index contributed by atoms with van der Waals surface area (Å²) in [6, 6.07) is 0. The van der Waals surface area contributed by atoms with Gasteiger partial charge in [-0.2, -0.15) is 0 Å². The molecule has 1 atom stereocenters. The lowest BCUT2D eigenvalue weighted by Gasteiger charge is -2.14. The molecule has 4 heteroatoms. The van der Waals surface area contributed by atoms with Crippen LogP contribution in [0.2, 0.25) is 0 Å². The molecule has 0 aromatic rings. The molecule has 0 saturated carbocycles. The number of aliphatic imine (C=N–C) groups is 1. The molecule has 2 N–H and O–H groups in total. The Morgan fingerprint density at radius 1 is 1.15 bits per heavy atom. The molecular formula is C16H34N4. The molecule has 0 aliphatic carbocycles. The van der Waals surface area contributed by atoms with E-state index in [0.29, 0.717) is 0 Å². The van der Waals surface area contributed by atoms with E-state index in [2.05, 4.69) is 36.3 Å². The Morgan fingerprint density at radius 2 is 2.00 bits per heavy atom. The quantitative estimate of drug-likeness (QED) is 0.388. The van der Waals surface area contributed by atoms with Crippen molar-refractivity contribution in [2.24, 2.45) is 10.9 Å². The smallest absolute Gasteiger partial charge is 0.191 e. The minimum atomic E-state index is 0.741. The Hall–Kier alpha value is -0.770. The van der Waals surface area contributed by atoms with E-state index in [1.807, 2.05) is 0 Å². The van der Waals surface area contributed by atoms with Gasteiger partial charge in [0.1, 0.15) is 0 Å². The largest absolute Gasteiger partial charge is 0.357 e. The summed E-state index contributed by atoms with van der Waals surface area (Å²) in [6.07, 6.45) is 6.49. The first-order valence-corrected chi connectivity index (χ1v) is 8.54. The van der Waals surface area contributed by atoms with E-state index in [9.17, 15) is 0 Å². The molecule has 0 radical (unpaired) electrons. The molecule has 1 rings (SSSR count). The third-order valence-corrected chi connectivity index (χ3v) is 3.99. The van der Waals surface area contributed by atoms with Crippen molar-refractivity contribution in [3.8, 4) is 0 Å². The molecule has 0 aromatic carbocycles. The summed E-state index contributed by atoms with van der Waals surface area (Å²) < 4.78 is 0. The average molecular weight is 282 g/mol. The molecule has 1 aliphatic heterocycles.